The summed E-state index contributed by atoms with van der Waals surface area (Å²) in [5, 5.41) is 10.0. The Bertz CT molecular complexity index is 652. The van der Waals surface area contributed by atoms with Gasteiger partial charge in [0, 0.05) is 24.7 Å². The molecule has 0 aromatic heterocycles. The van der Waals surface area contributed by atoms with Gasteiger partial charge in [-0.15, -0.1) is 0 Å². The number of ether oxygens (including phenoxy) is 1. The molecule has 0 saturated heterocycles. The zero-order valence-electron chi connectivity index (χ0n) is 13.3. The van der Waals surface area contributed by atoms with Crippen LogP contribution in [-0.2, 0) is 14.3 Å². The number of hydrogen-bond acceptors (Lipinski definition) is 4. The number of fused-ring (bicyclic) bond motifs is 3. The minimum Gasteiger partial charge on any atom is -0.465 e. The topological polar surface area (TPSA) is 67.2 Å². The molecule has 23 heavy (non-hydrogen) atoms. The van der Waals surface area contributed by atoms with Crippen LogP contribution in [0.25, 0.3) is 0 Å². The van der Waals surface area contributed by atoms with Gasteiger partial charge in [-0.25, -0.2) is 4.79 Å². The van der Waals surface area contributed by atoms with E-state index in [1.165, 1.54) is 0 Å². The van der Waals surface area contributed by atoms with Crippen molar-refractivity contribution in [3.8, 4) is 6.07 Å². The van der Waals surface area contributed by atoms with E-state index in [2.05, 4.69) is 12.1 Å². The zero-order chi connectivity index (χ0) is 16.4. The summed E-state index contributed by atoms with van der Waals surface area (Å²) in [7, 11) is 0. The van der Waals surface area contributed by atoms with E-state index in [1.807, 2.05) is 24.3 Å². The van der Waals surface area contributed by atoms with Crippen molar-refractivity contribution in [3.05, 3.63) is 36.0 Å². The molecule has 120 valence electrons. The van der Waals surface area contributed by atoms with Crippen molar-refractivity contribution >= 4 is 11.8 Å². The van der Waals surface area contributed by atoms with E-state index in [0.29, 0.717) is 12.8 Å². The molecule has 0 aromatic rings. The van der Waals surface area contributed by atoms with Crippen LogP contribution in [0.3, 0.4) is 0 Å². The SMILES string of the molecule is CCOC(=O)[C@@]1(C#N)C2=CC=CC=C[C@@H]2[C@@H]2CCCC(=O)C[C@@H]21. The summed E-state index contributed by atoms with van der Waals surface area (Å²) in [6, 6.07) is 2.27. The maximum atomic E-state index is 12.8. The average molecular weight is 311 g/mol. The van der Waals surface area contributed by atoms with Gasteiger partial charge in [0.25, 0.3) is 0 Å². The summed E-state index contributed by atoms with van der Waals surface area (Å²) in [4.78, 5) is 25.0. The summed E-state index contributed by atoms with van der Waals surface area (Å²) in [5.74, 6) is -0.450. The molecule has 3 rings (SSSR count). The molecule has 0 aromatic carbocycles. The Balaban J connectivity index is 2.16. The molecule has 0 aliphatic heterocycles. The third-order valence-electron chi connectivity index (χ3n) is 5.38. The van der Waals surface area contributed by atoms with Gasteiger partial charge in [0.1, 0.15) is 5.78 Å². The number of carbonyl (C=O) groups is 2. The fourth-order valence-electron chi connectivity index (χ4n) is 4.45. The largest absolute Gasteiger partial charge is 0.465 e. The van der Waals surface area contributed by atoms with Gasteiger partial charge in [-0.1, -0.05) is 30.4 Å². The van der Waals surface area contributed by atoms with Crippen LogP contribution in [0.2, 0.25) is 0 Å². The fourth-order valence-corrected chi connectivity index (χ4v) is 4.45. The molecule has 0 amide bonds. The van der Waals surface area contributed by atoms with E-state index in [4.69, 9.17) is 4.74 Å². The maximum absolute atomic E-state index is 12.8. The standard InChI is InChI=1S/C19H21NO3/c1-2-23-18(22)19(12-20)16-10-5-3-4-8-14(16)15-9-6-7-13(21)11-17(15)19/h3-5,8,10,14-15,17H,2,6-7,9,11H2,1H3/t14-,15+,17+,19+/m1/s1. The predicted molar refractivity (Wildman–Crippen MR) is 85.0 cm³/mol. The molecule has 0 heterocycles. The lowest BCUT2D eigenvalue weighted by atomic mass is 9.72. The van der Waals surface area contributed by atoms with Crippen LogP contribution < -0.4 is 0 Å². The molecule has 3 aliphatic rings. The number of rotatable bonds is 2. The summed E-state index contributed by atoms with van der Waals surface area (Å²) in [6.45, 7) is 1.98. The highest BCUT2D eigenvalue weighted by molar-refractivity contribution is 5.88. The van der Waals surface area contributed by atoms with E-state index in [9.17, 15) is 14.9 Å². The van der Waals surface area contributed by atoms with Gasteiger partial charge in [0.15, 0.2) is 5.41 Å². The Hall–Kier alpha value is -2.15. The van der Waals surface area contributed by atoms with Crippen molar-refractivity contribution in [2.24, 2.45) is 23.2 Å². The van der Waals surface area contributed by atoms with Gasteiger partial charge in [0.05, 0.1) is 12.7 Å². The van der Waals surface area contributed by atoms with Gasteiger partial charge in [-0.05, 0) is 31.3 Å². The molecule has 2 saturated carbocycles. The Morgan fingerprint density at radius 3 is 3.00 bits per heavy atom. The fraction of sp³-hybridized carbons (Fsp3) is 0.526. The summed E-state index contributed by atoms with van der Waals surface area (Å²) in [6.07, 6.45) is 12.2. The highest BCUT2D eigenvalue weighted by Crippen LogP contribution is 2.59. The van der Waals surface area contributed by atoms with E-state index >= 15 is 0 Å². The number of nitriles is 1. The third-order valence-corrected chi connectivity index (χ3v) is 5.38. The van der Waals surface area contributed by atoms with Crippen molar-refractivity contribution in [2.75, 3.05) is 6.61 Å². The van der Waals surface area contributed by atoms with Gasteiger partial charge < -0.3 is 4.74 Å². The van der Waals surface area contributed by atoms with Crippen LogP contribution in [0.5, 0.6) is 0 Å². The normalized spacial score (nSPS) is 35.4. The lowest BCUT2D eigenvalue weighted by Gasteiger charge is -2.28. The van der Waals surface area contributed by atoms with Crippen molar-refractivity contribution < 1.29 is 14.3 Å². The number of allylic oxidation sites excluding steroid dienone is 5. The number of carbonyl (C=O) groups excluding carboxylic acids is 2. The summed E-state index contributed by atoms with van der Waals surface area (Å²) in [5.41, 5.74) is -0.530. The minimum atomic E-state index is -1.33. The first-order valence-corrected chi connectivity index (χ1v) is 8.30. The monoisotopic (exact) mass is 311 g/mol. The van der Waals surface area contributed by atoms with E-state index < -0.39 is 11.4 Å². The third kappa shape index (κ3) is 2.35. The van der Waals surface area contributed by atoms with Crippen LogP contribution in [0.1, 0.15) is 32.6 Å². The highest BCUT2D eigenvalue weighted by Gasteiger charge is 2.62. The lowest BCUT2D eigenvalue weighted by Crippen LogP contribution is -2.38. The van der Waals surface area contributed by atoms with E-state index in [0.717, 1.165) is 18.4 Å². The first kappa shape index (κ1) is 15.7. The number of esters is 1. The predicted octanol–water partition coefficient (Wildman–Crippen LogP) is 3.12. The zero-order valence-corrected chi connectivity index (χ0v) is 13.3. The van der Waals surface area contributed by atoms with E-state index in [-0.39, 0.29) is 30.1 Å². The number of ketones is 1. The van der Waals surface area contributed by atoms with Gasteiger partial charge >= 0.3 is 5.97 Å². The molecule has 4 atom stereocenters. The van der Waals surface area contributed by atoms with Gasteiger partial charge in [-0.2, -0.15) is 5.26 Å². The van der Waals surface area contributed by atoms with Crippen LogP contribution in [0.15, 0.2) is 36.0 Å². The molecule has 4 nitrogen and oxygen atoms in total. The number of Topliss-reactive ketones (excluding diaryl/α,β-unsaturated/α-hetero) is 1. The molecular formula is C19H21NO3. The molecule has 2 fully saturated rings. The molecular weight excluding hydrogens is 290 g/mol. The minimum absolute atomic E-state index is 0.0324. The summed E-state index contributed by atoms with van der Waals surface area (Å²) >= 11 is 0. The first-order chi connectivity index (χ1) is 11.1. The summed E-state index contributed by atoms with van der Waals surface area (Å²) < 4.78 is 5.27. The van der Waals surface area contributed by atoms with Crippen molar-refractivity contribution in [2.45, 2.75) is 32.6 Å². The van der Waals surface area contributed by atoms with Crippen LogP contribution in [-0.4, -0.2) is 18.4 Å². The Morgan fingerprint density at radius 1 is 1.43 bits per heavy atom. The van der Waals surface area contributed by atoms with Crippen molar-refractivity contribution in [1.82, 2.24) is 0 Å². The van der Waals surface area contributed by atoms with Crippen LogP contribution in [0.4, 0.5) is 0 Å². The van der Waals surface area contributed by atoms with Crippen molar-refractivity contribution in [1.29, 1.82) is 5.26 Å². The first-order valence-electron chi connectivity index (χ1n) is 8.30. The van der Waals surface area contributed by atoms with Crippen LogP contribution >= 0.6 is 0 Å². The second-order valence-corrected chi connectivity index (χ2v) is 6.46. The number of nitrogens with zero attached hydrogens (tertiary/aromatic N) is 1. The second kappa shape index (κ2) is 6.16. The quantitative estimate of drug-likeness (QED) is 0.735. The van der Waals surface area contributed by atoms with Gasteiger partial charge in [-0.3, -0.25) is 4.79 Å². The molecule has 0 bridgehead atoms. The molecule has 0 unspecified atom stereocenters. The van der Waals surface area contributed by atoms with Crippen LogP contribution in [0, 0.1) is 34.5 Å². The number of hydrogen-bond donors (Lipinski definition) is 0. The maximum Gasteiger partial charge on any atom is 0.331 e. The Kier molecular flexibility index (Phi) is 4.21. The van der Waals surface area contributed by atoms with Crippen molar-refractivity contribution in [3.63, 3.8) is 0 Å². The molecule has 0 radical (unpaired) electrons. The molecule has 4 heteroatoms. The van der Waals surface area contributed by atoms with Gasteiger partial charge in [0.2, 0.25) is 0 Å². The molecule has 3 aliphatic carbocycles. The smallest absolute Gasteiger partial charge is 0.331 e. The lowest BCUT2D eigenvalue weighted by molar-refractivity contribution is -0.152. The second-order valence-electron chi connectivity index (χ2n) is 6.46. The Labute approximate surface area is 136 Å². The Morgan fingerprint density at radius 2 is 2.26 bits per heavy atom. The average Bonchev–Trinajstić information content (AvgIpc) is 2.77. The van der Waals surface area contributed by atoms with E-state index in [1.54, 1.807) is 6.92 Å². The molecule has 0 N–H and O–H groups in total. The molecule has 0 spiro atoms. The highest BCUT2D eigenvalue weighted by atomic mass is 16.5.